The standard InChI is InChI=1S/C5H9ISi/c7-5-3-1-2-4-6-5/h1-6H,7H3. The van der Waals surface area contributed by atoms with Crippen molar-refractivity contribution >= 4 is 31.4 Å². The van der Waals surface area contributed by atoms with E-state index in [0.717, 1.165) is 3.55 Å². The zero-order valence-corrected chi connectivity index (χ0v) is 8.63. The Morgan fingerprint density at radius 2 is 2.29 bits per heavy atom. The molecular weight excluding hydrogens is 215 g/mol. The van der Waals surface area contributed by atoms with Gasteiger partial charge in [0.15, 0.2) is 0 Å². The van der Waals surface area contributed by atoms with Crippen LogP contribution in [0.4, 0.5) is 0 Å². The minimum absolute atomic E-state index is 0.295. The first-order valence-corrected chi connectivity index (χ1v) is 6.23. The van der Waals surface area contributed by atoms with Crippen molar-refractivity contribution in [2.24, 2.45) is 0 Å². The van der Waals surface area contributed by atoms with Crippen molar-refractivity contribution in [3.8, 4) is 0 Å². The molecule has 1 unspecified atom stereocenters. The van der Waals surface area contributed by atoms with Gasteiger partial charge in [0.2, 0.25) is 0 Å². The Morgan fingerprint density at radius 1 is 1.43 bits per heavy atom. The van der Waals surface area contributed by atoms with Crippen molar-refractivity contribution in [1.82, 2.24) is 0 Å². The van der Waals surface area contributed by atoms with Gasteiger partial charge in [-0.25, -0.2) is 0 Å². The Kier molecular flexibility index (Phi) is 2.12. The molecule has 1 rings (SSSR count). The van der Waals surface area contributed by atoms with E-state index in [1.807, 2.05) is 0 Å². The molecule has 1 atom stereocenters. The molecule has 2 heteroatoms. The monoisotopic (exact) mass is 224 g/mol. The molecule has 0 nitrogen and oxygen atoms in total. The van der Waals surface area contributed by atoms with E-state index in [0.29, 0.717) is 21.2 Å². The van der Waals surface area contributed by atoms with Crippen LogP contribution in [0.25, 0.3) is 0 Å². The normalized spacial score (nSPS) is 30.0. The van der Waals surface area contributed by atoms with E-state index in [-0.39, 0.29) is 0 Å². The molecule has 0 aliphatic carbocycles. The van der Waals surface area contributed by atoms with Gasteiger partial charge in [-0.3, -0.25) is 0 Å². The maximum atomic E-state index is 2.36. The molecular formula is C5H9ISi. The number of hydrogen-bond donors (Lipinski definition) is 0. The molecule has 0 aromatic rings. The summed E-state index contributed by atoms with van der Waals surface area (Å²) >= 11 is 0.295. The molecule has 7 heavy (non-hydrogen) atoms. The fourth-order valence-electron chi connectivity index (χ4n) is 0.481. The van der Waals surface area contributed by atoms with Crippen molar-refractivity contribution in [3.05, 3.63) is 22.3 Å². The van der Waals surface area contributed by atoms with Gasteiger partial charge in [0.25, 0.3) is 0 Å². The van der Waals surface area contributed by atoms with Crippen molar-refractivity contribution in [2.75, 3.05) is 0 Å². The topological polar surface area (TPSA) is 0 Å². The molecule has 0 aromatic carbocycles. The summed E-state index contributed by atoms with van der Waals surface area (Å²) < 4.78 is 3.40. The fraction of sp³-hybridized carbons (Fsp3) is 0.200. The third-order valence-corrected chi connectivity index (χ3v) is 5.65. The third-order valence-electron chi connectivity index (χ3n) is 0.865. The van der Waals surface area contributed by atoms with Crippen LogP contribution in [0.2, 0.25) is 0 Å². The fourth-order valence-corrected chi connectivity index (χ4v) is 3.50. The SMILES string of the molecule is [SiH3]C1C=CC=C[IH]1. The van der Waals surface area contributed by atoms with Crippen LogP contribution in [0.3, 0.4) is 0 Å². The summed E-state index contributed by atoms with van der Waals surface area (Å²) in [7, 11) is 1.37. The average molecular weight is 224 g/mol. The predicted molar refractivity (Wildman–Crippen MR) is 47.4 cm³/mol. The molecule has 0 saturated carbocycles. The minimum atomic E-state index is 0.295. The number of rotatable bonds is 0. The predicted octanol–water partition coefficient (Wildman–Crippen LogP) is 0.464. The van der Waals surface area contributed by atoms with Gasteiger partial charge in [0, 0.05) is 0 Å². The van der Waals surface area contributed by atoms with Gasteiger partial charge in [0.05, 0.1) is 0 Å². The molecule has 0 saturated heterocycles. The number of hydrogen-bond acceptors (Lipinski definition) is 0. The molecule has 1 aliphatic heterocycles. The molecule has 0 fully saturated rings. The zero-order chi connectivity index (χ0) is 5.11. The van der Waals surface area contributed by atoms with Gasteiger partial charge < -0.3 is 0 Å². The van der Waals surface area contributed by atoms with Gasteiger partial charge in [-0.1, -0.05) is 0 Å². The van der Waals surface area contributed by atoms with E-state index >= 15 is 0 Å². The van der Waals surface area contributed by atoms with Gasteiger partial charge >= 0.3 is 57.3 Å². The van der Waals surface area contributed by atoms with Crippen LogP contribution in [-0.4, -0.2) is 13.8 Å². The zero-order valence-electron chi connectivity index (χ0n) is 4.29. The quantitative estimate of drug-likeness (QED) is 0.318. The summed E-state index contributed by atoms with van der Waals surface area (Å²) in [5, 5.41) is 0. The van der Waals surface area contributed by atoms with E-state index in [1.165, 1.54) is 10.2 Å². The number of alkyl halides is 1. The van der Waals surface area contributed by atoms with E-state index in [2.05, 4.69) is 22.3 Å². The van der Waals surface area contributed by atoms with Gasteiger partial charge in [0.1, 0.15) is 0 Å². The van der Waals surface area contributed by atoms with Gasteiger partial charge in [-0.2, -0.15) is 0 Å². The summed E-state index contributed by atoms with van der Waals surface area (Å²) in [5.74, 6) is 0. The first-order chi connectivity index (χ1) is 3.39. The van der Waals surface area contributed by atoms with Crippen LogP contribution in [0.15, 0.2) is 22.3 Å². The summed E-state index contributed by atoms with van der Waals surface area (Å²) in [4.78, 5) is 0. The van der Waals surface area contributed by atoms with Crippen LogP contribution in [0, 0.1) is 0 Å². The van der Waals surface area contributed by atoms with E-state index in [4.69, 9.17) is 0 Å². The first-order valence-electron chi connectivity index (χ1n) is 2.38. The molecule has 0 spiro atoms. The second kappa shape index (κ2) is 2.67. The molecule has 1 heterocycles. The van der Waals surface area contributed by atoms with E-state index in [9.17, 15) is 0 Å². The molecule has 0 bridgehead atoms. The summed E-state index contributed by atoms with van der Waals surface area (Å²) in [6.45, 7) is 0. The summed E-state index contributed by atoms with van der Waals surface area (Å²) in [6, 6.07) is 0. The first kappa shape index (κ1) is 5.56. The molecule has 1 aliphatic rings. The Labute approximate surface area is 57.4 Å². The number of allylic oxidation sites excluding steroid dienone is 3. The molecule has 0 amide bonds. The van der Waals surface area contributed by atoms with Crippen molar-refractivity contribution in [2.45, 2.75) is 3.55 Å². The summed E-state index contributed by atoms with van der Waals surface area (Å²) in [5.41, 5.74) is 0. The third kappa shape index (κ3) is 1.77. The Morgan fingerprint density at radius 3 is 2.57 bits per heavy atom. The summed E-state index contributed by atoms with van der Waals surface area (Å²) in [6.07, 6.45) is 6.69. The Balaban J connectivity index is 2.49. The van der Waals surface area contributed by atoms with Crippen molar-refractivity contribution in [3.63, 3.8) is 0 Å². The van der Waals surface area contributed by atoms with Crippen LogP contribution in [0.1, 0.15) is 0 Å². The molecule has 0 N–H and O–H groups in total. The maximum absolute atomic E-state index is 2.36. The van der Waals surface area contributed by atoms with Crippen molar-refractivity contribution in [1.29, 1.82) is 0 Å². The number of halogens is 1. The average Bonchev–Trinajstić information content (AvgIpc) is 1.69. The molecule has 0 radical (unpaired) electrons. The van der Waals surface area contributed by atoms with Gasteiger partial charge in [-0.05, 0) is 0 Å². The molecule has 0 aromatic heterocycles. The van der Waals surface area contributed by atoms with Crippen LogP contribution in [0.5, 0.6) is 0 Å². The van der Waals surface area contributed by atoms with Crippen LogP contribution < -0.4 is 0 Å². The van der Waals surface area contributed by atoms with E-state index < -0.39 is 0 Å². The second-order valence-electron chi connectivity index (χ2n) is 1.55. The van der Waals surface area contributed by atoms with E-state index in [1.54, 1.807) is 0 Å². The Hall–Kier alpha value is 0.427. The van der Waals surface area contributed by atoms with Crippen LogP contribution in [-0.2, 0) is 0 Å². The molecule has 40 valence electrons. The second-order valence-corrected chi connectivity index (χ2v) is 9.06. The van der Waals surface area contributed by atoms with Crippen LogP contribution >= 0.6 is 21.2 Å². The van der Waals surface area contributed by atoms with Crippen molar-refractivity contribution < 1.29 is 0 Å². The Bertz CT molecular complexity index is 107. The van der Waals surface area contributed by atoms with Gasteiger partial charge in [-0.15, -0.1) is 0 Å².